The van der Waals surface area contributed by atoms with E-state index in [1.807, 2.05) is 0 Å². The van der Waals surface area contributed by atoms with Gasteiger partial charge in [-0.2, -0.15) is 4.31 Å². The molecule has 0 radical (unpaired) electrons. The van der Waals surface area contributed by atoms with Crippen LogP contribution in [0.25, 0.3) is 0 Å². The first-order chi connectivity index (χ1) is 13.0. The van der Waals surface area contributed by atoms with Crippen molar-refractivity contribution < 1.29 is 17.9 Å². The van der Waals surface area contributed by atoms with Crippen molar-refractivity contribution in [3.8, 4) is 12.3 Å². The zero-order chi connectivity index (χ0) is 19.3. The minimum Gasteiger partial charge on any atom is -0.381 e. The fourth-order valence-electron chi connectivity index (χ4n) is 3.73. The second-order valence-corrected chi connectivity index (χ2v) is 9.06. The summed E-state index contributed by atoms with van der Waals surface area (Å²) in [5.41, 5.74) is 0. The zero-order valence-electron chi connectivity index (χ0n) is 15.3. The van der Waals surface area contributed by atoms with Crippen LogP contribution in [0.4, 0.5) is 0 Å². The molecule has 1 aromatic rings. The second-order valence-electron chi connectivity index (χ2n) is 7.12. The summed E-state index contributed by atoms with van der Waals surface area (Å²) in [5.74, 6) is 2.36. The van der Waals surface area contributed by atoms with Crippen LogP contribution in [-0.4, -0.2) is 51.0 Å². The Morgan fingerprint density at radius 1 is 1.22 bits per heavy atom. The lowest BCUT2D eigenvalue weighted by Gasteiger charge is -2.33. The third kappa shape index (κ3) is 4.70. The summed E-state index contributed by atoms with van der Waals surface area (Å²) in [7, 11) is -3.59. The number of rotatable bonds is 5. The van der Waals surface area contributed by atoms with E-state index in [1.54, 1.807) is 30.3 Å². The molecule has 2 fully saturated rings. The number of carbonyl (C=O) groups excluding carboxylic acids is 1. The van der Waals surface area contributed by atoms with Gasteiger partial charge in [-0.1, -0.05) is 24.1 Å². The highest BCUT2D eigenvalue weighted by Gasteiger charge is 2.34. The predicted molar refractivity (Wildman–Crippen MR) is 102 cm³/mol. The van der Waals surface area contributed by atoms with Crippen molar-refractivity contribution in [2.75, 3.05) is 26.3 Å². The summed E-state index contributed by atoms with van der Waals surface area (Å²) < 4.78 is 32.4. The van der Waals surface area contributed by atoms with Crippen molar-refractivity contribution in [3.63, 3.8) is 0 Å². The van der Waals surface area contributed by atoms with Crippen LogP contribution in [0.2, 0.25) is 0 Å². The van der Waals surface area contributed by atoms with Gasteiger partial charge >= 0.3 is 0 Å². The fraction of sp³-hybridized carbons (Fsp3) is 0.550. The summed E-state index contributed by atoms with van der Waals surface area (Å²) in [6.07, 6.45) is 8.62. The topological polar surface area (TPSA) is 75.7 Å². The Labute approximate surface area is 161 Å². The number of nitrogens with one attached hydrogen (secondary N) is 1. The third-order valence-corrected chi connectivity index (χ3v) is 7.23. The van der Waals surface area contributed by atoms with E-state index in [4.69, 9.17) is 11.2 Å². The molecule has 0 saturated carbocycles. The Hall–Kier alpha value is -1.88. The lowest BCUT2D eigenvalue weighted by molar-refractivity contribution is -0.127. The molecule has 3 rings (SSSR count). The number of terminal acetylenes is 1. The van der Waals surface area contributed by atoms with Gasteiger partial charge in [-0.05, 0) is 43.7 Å². The normalized spacial score (nSPS) is 23.3. The number of sulfonamides is 1. The van der Waals surface area contributed by atoms with Gasteiger partial charge in [-0.3, -0.25) is 4.79 Å². The summed E-state index contributed by atoms with van der Waals surface area (Å²) in [5, 5.41) is 2.97. The van der Waals surface area contributed by atoms with Crippen molar-refractivity contribution >= 4 is 15.9 Å². The van der Waals surface area contributed by atoms with Crippen molar-refractivity contribution in [1.29, 1.82) is 0 Å². The molecular formula is C20H26N2O4S. The molecule has 0 bridgehead atoms. The molecule has 6 nitrogen and oxygen atoms in total. The summed E-state index contributed by atoms with van der Waals surface area (Å²) in [4.78, 5) is 13.0. The number of amides is 1. The molecule has 1 aromatic carbocycles. The van der Waals surface area contributed by atoms with E-state index >= 15 is 0 Å². The Balaban J connectivity index is 1.65. The number of hydrogen-bond acceptors (Lipinski definition) is 4. The van der Waals surface area contributed by atoms with Gasteiger partial charge in [0.05, 0.1) is 16.9 Å². The zero-order valence-corrected chi connectivity index (χ0v) is 16.2. The SMILES string of the molecule is C#CC(NC(=O)C1CCCN(S(=O)(=O)c2ccccc2)C1)C1CCOCC1. The Bertz CT molecular complexity index is 782. The second kappa shape index (κ2) is 8.87. The predicted octanol–water partition coefficient (Wildman–Crippen LogP) is 1.63. The number of piperidine rings is 1. The molecule has 2 aliphatic rings. The van der Waals surface area contributed by atoms with Gasteiger partial charge in [-0.15, -0.1) is 6.42 Å². The molecule has 7 heteroatoms. The molecule has 27 heavy (non-hydrogen) atoms. The molecule has 2 unspecified atom stereocenters. The van der Waals surface area contributed by atoms with E-state index in [0.717, 1.165) is 12.8 Å². The maximum atomic E-state index is 12.8. The van der Waals surface area contributed by atoms with E-state index in [2.05, 4.69) is 11.2 Å². The summed E-state index contributed by atoms with van der Waals surface area (Å²) in [6, 6.07) is 8.01. The number of hydrogen-bond donors (Lipinski definition) is 1. The number of nitrogens with zero attached hydrogens (tertiary/aromatic N) is 1. The van der Waals surface area contributed by atoms with E-state index in [1.165, 1.54) is 4.31 Å². The Morgan fingerprint density at radius 2 is 1.93 bits per heavy atom. The van der Waals surface area contributed by atoms with E-state index < -0.39 is 10.0 Å². The smallest absolute Gasteiger partial charge is 0.243 e. The molecular weight excluding hydrogens is 364 g/mol. The molecule has 0 spiro atoms. The first-order valence-electron chi connectivity index (χ1n) is 9.42. The van der Waals surface area contributed by atoms with Crippen LogP contribution in [-0.2, 0) is 19.6 Å². The van der Waals surface area contributed by atoms with Crippen LogP contribution in [0.15, 0.2) is 35.2 Å². The minimum absolute atomic E-state index is 0.155. The van der Waals surface area contributed by atoms with Crippen LogP contribution in [0.1, 0.15) is 25.7 Å². The monoisotopic (exact) mass is 390 g/mol. The highest BCUT2D eigenvalue weighted by Crippen LogP contribution is 2.25. The number of benzene rings is 1. The van der Waals surface area contributed by atoms with Crippen molar-refractivity contribution in [2.45, 2.75) is 36.6 Å². The van der Waals surface area contributed by atoms with Gasteiger partial charge < -0.3 is 10.1 Å². The maximum Gasteiger partial charge on any atom is 0.243 e. The molecule has 146 valence electrons. The molecule has 2 atom stereocenters. The Morgan fingerprint density at radius 3 is 2.59 bits per heavy atom. The van der Waals surface area contributed by atoms with Crippen molar-refractivity contribution in [3.05, 3.63) is 30.3 Å². The molecule has 2 saturated heterocycles. The molecule has 0 aromatic heterocycles. The molecule has 2 heterocycles. The maximum absolute atomic E-state index is 12.8. The molecule has 0 aliphatic carbocycles. The molecule has 1 N–H and O–H groups in total. The first-order valence-corrected chi connectivity index (χ1v) is 10.9. The van der Waals surface area contributed by atoms with Crippen LogP contribution >= 0.6 is 0 Å². The van der Waals surface area contributed by atoms with Gasteiger partial charge in [0.15, 0.2) is 0 Å². The summed E-state index contributed by atoms with van der Waals surface area (Å²) in [6.45, 7) is 1.93. The average molecular weight is 391 g/mol. The lowest BCUT2D eigenvalue weighted by Crippen LogP contribution is -2.49. The van der Waals surface area contributed by atoms with E-state index in [9.17, 15) is 13.2 Å². The highest BCUT2D eigenvalue weighted by molar-refractivity contribution is 7.89. The largest absolute Gasteiger partial charge is 0.381 e. The minimum atomic E-state index is -3.59. The standard InChI is InChI=1S/C20H26N2O4S/c1-2-19(16-10-13-26-14-11-16)21-20(23)17-7-6-12-22(15-17)27(24,25)18-8-4-3-5-9-18/h1,3-5,8-9,16-17,19H,6-7,10-15H2,(H,21,23). The average Bonchev–Trinajstić information content (AvgIpc) is 2.73. The Kier molecular flexibility index (Phi) is 6.53. The molecule has 2 aliphatic heterocycles. The van der Waals surface area contributed by atoms with Gasteiger partial charge in [0.2, 0.25) is 15.9 Å². The van der Waals surface area contributed by atoms with Crippen molar-refractivity contribution in [2.24, 2.45) is 11.8 Å². The van der Waals surface area contributed by atoms with E-state index in [-0.39, 0.29) is 35.2 Å². The summed E-state index contributed by atoms with van der Waals surface area (Å²) >= 11 is 0. The van der Waals surface area contributed by atoms with Gasteiger partial charge in [-0.25, -0.2) is 8.42 Å². The fourth-order valence-corrected chi connectivity index (χ4v) is 5.28. The van der Waals surface area contributed by atoms with Gasteiger partial charge in [0, 0.05) is 26.3 Å². The molecule has 1 amide bonds. The van der Waals surface area contributed by atoms with Crippen LogP contribution in [0, 0.1) is 24.2 Å². The number of ether oxygens (including phenoxy) is 1. The third-order valence-electron chi connectivity index (χ3n) is 5.35. The van der Waals surface area contributed by atoms with Gasteiger partial charge in [0.25, 0.3) is 0 Å². The quantitative estimate of drug-likeness (QED) is 0.776. The van der Waals surface area contributed by atoms with E-state index in [0.29, 0.717) is 32.6 Å². The van der Waals surface area contributed by atoms with Crippen LogP contribution in [0.5, 0.6) is 0 Å². The number of carbonyl (C=O) groups is 1. The van der Waals surface area contributed by atoms with Crippen LogP contribution < -0.4 is 5.32 Å². The van der Waals surface area contributed by atoms with Crippen molar-refractivity contribution in [1.82, 2.24) is 9.62 Å². The highest BCUT2D eigenvalue weighted by atomic mass is 32.2. The van der Waals surface area contributed by atoms with Crippen LogP contribution in [0.3, 0.4) is 0 Å². The lowest BCUT2D eigenvalue weighted by atomic mass is 9.91. The van der Waals surface area contributed by atoms with Gasteiger partial charge in [0.1, 0.15) is 0 Å². The first kappa shape index (κ1) is 19.9.